The minimum Gasteiger partial charge on any atom is -0.493 e. The van der Waals surface area contributed by atoms with Crippen LogP contribution in [0.1, 0.15) is 45.1 Å². The van der Waals surface area contributed by atoms with Crippen LogP contribution in [-0.2, 0) is 11.3 Å². The fraction of sp³-hybridized carbons (Fsp3) is 0.667. The molecule has 1 aliphatic carbocycles. The normalized spacial score (nSPS) is 13.6. The van der Waals surface area contributed by atoms with Crippen molar-refractivity contribution in [1.29, 1.82) is 0 Å². The molecule has 1 aliphatic rings. The quantitative estimate of drug-likeness (QED) is 0.184. The van der Waals surface area contributed by atoms with Gasteiger partial charge in [0.2, 0.25) is 0 Å². The van der Waals surface area contributed by atoms with Crippen LogP contribution in [0.25, 0.3) is 0 Å². The van der Waals surface area contributed by atoms with E-state index in [9.17, 15) is 0 Å². The van der Waals surface area contributed by atoms with Crippen molar-refractivity contribution in [3.63, 3.8) is 0 Å². The largest absolute Gasteiger partial charge is 0.493 e. The molecule has 0 heterocycles. The maximum atomic E-state index is 5.70. The Morgan fingerprint density at radius 1 is 1.14 bits per heavy atom. The molecule has 1 saturated carbocycles. The van der Waals surface area contributed by atoms with E-state index in [-0.39, 0.29) is 24.0 Å². The molecule has 0 amide bonds. The zero-order valence-corrected chi connectivity index (χ0v) is 19.8. The average molecular weight is 505 g/mol. The standard InChI is InChI=1S/C21H35N3O3.HI/c1-4-12-27-19-10-9-18(14-20(19)25-3)15-24-21(22-5-2)23-11-6-13-26-16-17-7-8-17;/h9-10,14,17H,4-8,11-13,15-16H2,1-3H3,(H2,22,23,24);1H. The summed E-state index contributed by atoms with van der Waals surface area (Å²) < 4.78 is 16.8. The summed E-state index contributed by atoms with van der Waals surface area (Å²) in [6.45, 7) is 8.83. The summed E-state index contributed by atoms with van der Waals surface area (Å²) in [4.78, 5) is 4.66. The van der Waals surface area contributed by atoms with Crippen molar-refractivity contribution in [3.8, 4) is 11.5 Å². The molecule has 0 radical (unpaired) electrons. The van der Waals surface area contributed by atoms with E-state index in [1.807, 2.05) is 18.2 Å². The molecule has 0 saturated heterocycles. The number of nitrogens with one attached hydrogen (secondary N) is 2. The van der Waals surface area contributed by atoms with Gasteiger partial charge in [-0.2, -0.15) is 0 Å². The first-order chi connectivity index (χ1) is 13.3. The molecule has 2 N–H and O–H groups in total. The number of aliphatic imine (C=N–C) groups is 1. The van der Waals surface area contributed by atoms with Gasteiger partial charge in [0.15, 0.2) is 17.5 Å². The van der Waals surface area contributed by atoms with Crippen molar-refractivity contribution in [2.24, 2.45) is 10.9 Å². The highest BCUT2D eigenvalue weighted by Crippen LogP contribution is 2.29. The zero-order chi connectivity index (χ0) is 19.3. The van der Waals surface area contributed by atoms with E-state index in [1.165, 1.54) is 12.8 Å². The number of rotatable bonds is 13. The molecule has 2 rings (SSSR count). The minimum atomic E-state index is 0. The molecular formula is C21H36IN3O3. The number of hydrogen-bond donors (Lipinski definition) is 2. The lowest BCUT2D eigenvalue weighted by molar-refractivity contribution is 0.123. The Balaban J connectivity index is 0.00000392. The van der Waals surface area contributed by atoms with Gasteiger partial charge in [0.25, 0.3) is 0 Å². The van der Waals surface area contributed by atoms with Crippen molar-refractivity contribution in [2.45, 2.75) is 46.1 Å². The smallest absolute Gasteiger partial charge is 0.191 e. The lowest BCUT2D eigenvalue weighted by Gasteiger charge is -2.13. The molecule has 160 valence electrons. The molecule has 7 heteroatoms. The van der Waals surface area contributed by atoms with Crippen LogP contribution in [0, 0.1) is 5.92 Å². The fourth-order valence-electron chi connectivity index (χ4n) is 2.57. The Labute approximate surface area is 186 Å². The summed E-state index contributed by atoms with van der Waals surface area (Å²) in [7, 11) is 1.66. The maximum Gasteiger partial charge on any atom is 0.191 e. The summed E-state index contributed by atoms with van der Waals surface area (Å²) in [5.74, 6) is 3.18. The van der Waals surface area contributed by atoms with Crippen molar-refractivity contribution in [3.05, 3.63) is 23.8 Å². The number of hydrogen-bond acceptors (Lipinski definition) is 4. The van der Waals surface area contributed by atoms with E-state index in [4.69, 9.17) is 14.2 Å². The van der Waals surface area contributed by atoms with Gasteiger partial charge in [0.05, 0.1) is 20.3 Å². The number of methoxy groups -OCH3 is 1. The second kappa shape index (κ2) is 14.7. The molecular weight excluding hydrogens is 469 g/mol. The van der Waals surface area contributed by atoms with E-state index >= 15 is 0 Å². The number of halogens is 1. The highest BCUT2D eigenvalue weighted by atomic mass is 127. The van der Waals surface area contributed by atoms with Crippen LogP contribution in [0.5, 0.6) is 11.5 Å². The number of nitrogens with zero attached hydrogens (tertiary/aromatic N) is 1. The van der Waals surface area contributed by atoms with Gasteiger partial charge in [-0.15, -0.1) is 24.0 Å². The van der Waals surface area contributed by atoms with E-state index in [2.05, 4.69) is 29.5 Å². The molecule has 0 unspecified atom stereocenters. The Morgan fingerprint density at radius 3 is 2.64 bits per heavy atom. The lowest BCUT2D eigenvalue weighted by Crippen LogP contribution is -2.38. The fourth-order valence-corrected chi connectivity index (χ4v) is 2.57. The summed E-state index contributed by atoms with van der Waals surface area (Å²) >= 11 is 0. The topological polar surface area (TPSA) is 64.1 Å². The van der Waals surface area contributed by atoms with Gasteiger partial charge >= 0.3 is 0 Å². The zero-order valence-electron chi connectivity index (χ0n) is 17.5. The number of ether oxygens (including phenoxy) is 3. The highest BCUT2D eigenvalue weighted by molar-refractivity contribution is 14.0. The molecule has 0 spiro atoms. The molecule has 0 atom stereocenters. The third-order valence-corrected chi connectivity index (χ3v) is 4.26. The van der Waals surface area contributed by atoms with E-state index in [0.717, 1.165) is 68.1 Å². The Hall–Kier alpha value is -1.22. The van der Waals surface area contributed by atoms with Crippen molar-refractivity contribution in [1.82, 2.24) is 10.6 Å². The molecule has 1 aromatic rings. The van der Waals surface area contributed by atoms with Gasteiger partial charge < -0.3 is 24.8 Å². The SMILES string of the molecule is CCCOc1ccc(CN=C(NCC)NCCCOCC2CC2)cc1OC.I. The molecule has 6 nitrogen and oxygen atoms in total. The Kier molecular flexibility index (Phi) is 13.1. The number of guanidine groups is 1. The van der Waals surface area contributed by atoms with Crippen molar-refractivity contribution >= 4 is 29.9 Å². The van der Waals surface area contributed by atoms with Crippen molar-refractivity contribution in [2.75, 3.05) is 40.0 Å². The lowest BCUT2D eigenvalue weighted by atomic mass is 10.2. The monoisotopic (exact) mass is 505 g/mol. The van der Waals surface area contributed by atoms with Crippen molar-refractivity contribution < 1.29 is 14.2 Å². The predicted octanol–water partition coefficient (Wildman–Crippen LogP) is 3.97. The summed E-state index contributed by atoms with van der Waals surface area (Å²) in [6, 6.07) is 5.98. The van der Waals surface area contributed by atoms with Crippen LogP contribution in [0.4, 0.5) is 0 Å². The van der Waals surface area contributed by atoms with Gasteiger partial charge in [-0.3, -0.25) is 0 Å². The maximum absolute atomic E-state index is 5.70. The van der Waals surface area contributed by atoms with Crippen LogP contribution in [0.2, 0.25) is 0 Å². The minimum absolute atomic E-state index is 0. The Morgan fingerprint density at radius 2 is 1.96 bits per heavy atom. The first-order valence-electron chi connectivity index (χ1n) is 10.2. The molecule has 28 heavy (non-hydrogen) atoms. The van der Waals surface area contributed by atoms with Crippen LogP contribution < -0.4 is 20.1 Å². The van der Waals surface area contributed by atoms with E-state index in [1.54, 1.807) is 7.11 Å². The first-order valence-corrected chi connectivity index (χ1v) is 10.2. The van der Waals surface area contributed by atoms with Gasteiger partial charge in [0, 0.05) is 26.3 Å². The van der Waals surface area contributed by atoms with Gasteiger partial charge in [-0.1, -0.05) is 13.0 Å². The highest BCUT2D eigenvalue weighted by Gasteiger charge is 2.20. The Bertz CT molecular complexity index is 580. The first kappa shape index (κ1) is 24.8. The van der Waals surface area contributed by atoms with E-state index in [0.29, 0.717) is 13.2 Å². The van der Waals surface area contributed by atoms with E-state index < -0.39 is 0 Å². The van der Waals surface area contributed by atoms with Crippen LogP contribution in [-0.4, -0.2) is 46.0 Å². The summed E-state index contributed by atoms with van der Waals surface area (Å²) in [5, 5.41) is 6.65. The second-order valence-corrected chi connectivity index (χ2v) is 6.83. The third-order valence-electron chi connectivity index (χ3n) is 4.26. The summed E-state index contributed by atoms with van der Waals surface area (Å²) in [5.41, 5.74) is 1.08. The molecule has 1 fully saturated rings. The van der Waals surface area contributed by atoms with Crippen LogP contribution >= 0.6 is 24.0 Å². The molecule has 0 aliphatic heterocycles. The average Bonchev–Trinajstić information content (AvgIpc) is 3.51. The van der Waals surface area contributed by atoms with Crippen LogP contribution in [0.15, 0.2) is 23.2 Å². The predicted molar refractivity (Wildman–Crippen MR) is 125 cm³/mol. The third kappa shape index (κ3) is 9.82. The molecule has 0 aromatic heterocycles. The molecule has 1 aromatic carbocycles. The second-order valence-electron chi connectivity index (χ2n) is 6.83. The van der Waals surface area contributed by atoms with Gasteiger partial charge in [-0.05, 0) is 56.2 Å². The van der Waals surface area contributed by atoms with Crippen LogP contribution in [0.3, 0.4) is 0 Å². The molecule has 0 bridgehead atoms. The van der Waals surface area contributed by atoms with Gasteiger partial charge in [0.1, 0.15) is 0 Å². The number of benzene rings is 1. The summed E-state index contributed by atoms with van der Waals surface area (Å²) in [6.07, 6.45) is 4.63. The van der Waals surface area contributed by atoms with Gasteiger partial charge in [-0.25, -0.2) is 4.99 Å².